The van der Waals surface area contributed by atoms with Crippen LogP contribution in [0.1, 0.15) is 43.7 Å². The number of sulfonamides is 1. The summed E-state index contributed by atoms with van der Waals surface area (Å²) in [6.45, 7) is 1.64. The highest BCUT2D eigenvalue weighted by Gasteiger charge is 2.39. The van der Waals surface area contributed by atoms with E-state index in [1.807, 2.05) is 0 Å². The van der Waals surface area contributed by atoms with Crippen molar-refractivity contribution < 1.29 is 31.5 Å². The lowest BCUT2D eigenvalue weighted by molar-refractivity contribution is -0.144. The summed E-state index contributed by atoms with van der Waals surface area (Å²) in [6, 6.07) is 1.78. The molecule has 0 saturated carbocycles. The maximum Gasteiger partial charge on any atom is 0.243 e. The van der Waals surface area contributed by atoms with E-state index in [0.717, 1.165) is 12.1 Å². The number of halogens is 2. The Balaban J connectivity index is 1.92. The van der Waals surface area contributed by atoms with E-state index in [0.29, 0.717) is 12.8 Å². The first-order valence-corrected chi connectivity index (χ1v) is 11.2. The number of hydrogen-bond acceptors (Lipinski definition) is 5. The minimum atomic E-state index is -3.51. The largest absolute Gasteiger partial charge is 0.381 e. The van der Waals surface area contributed by atoms with Gasteiger partial charge in [0.1, 0.15) is 23.8 Å². The van der Waals surface area contributed by atoms with Crippen LogP contribution in [-0.2, 0) is 36.4 Å². The third-order valence-corrected chi connectivity index (χ3v) is 7.63. The number of primary amides is 1. The molecule has 2 saturated heterocycles. The molecule has 1 amide bonds. The molecule has 1 aromatic carbocycles. The maximum absolute atomic E-state index is 15.1. The van der Waals surface area contributed by atoms with Crippen LogP contribution in [0.3, 0.4) is 0 Å². The molecule has 0 spiro atoms. The second-order valence-electron chi connectivity index (χ2n) is 7.64. The van der Waals surface area contributed by atoms with Crippen LogP contribution in [0, 0.1) is 11.6 Å². The molecule has 2 N–H and O–H groups in total. The fourth-order valence-corrected chi connectivity index (χ4v) is 5.73. The van der Waals surface area contributed by atoms with E-state index in [2.05, 4.69) is 0 Å². The summed E-state index contributed by atoms with van der Waals surface area (Å²) in [5.74, 6) is -2.14. The van der Waals surface area contributed by atoms with Gasteiger partial charge in [-0.1, -0.05) is 0 Å². The molecule has 2 aliphatic heterocycles. The van der Waals surface area contributed by atoms with Gasteiger partial charge >= 0.3 is 0 Å². The van der Waals surface area contributed by atoms with Crippen molar-refractivity contribution in [3.8, 4) is 0 Å². The zero-order valence-electron chi connectivity index (χ0n) is 16.3. The molecular formula is C19H26F2N2O5S. The molecule has 1 atom stereocenters. The fourth-order valence-electron chi connectivity index (χ4n) is 3.98. The Morgan fingerprint density at radius 3 is 2.62 bits per heavy atom. The van der Waals surface area contributed by atoms with E-state index in [9.17, 15) is 17.6 Å². The Hall–Kier alpha value is -1.62. The lowest BCUT2D eigenvalue weighted by Crippen LogP contribution is -2.43. The van der Waals surface area contributed by atoms with Crippen LogP contribution in [0.15, 0.2) is 12.1 Å². The first kappa shape index (κ1) is 22.1. The number of nitrogens with zero attached hydrogens (tertiary/aromatic N) is 1. The first-order valence-electron chi connectivity index (χ1n) is 9.62. The summed E-state index contributed by atoms with van der Waals surface area (Å²) in [6.07, 6.45) is 1.71. The summed E-state index contributed by atoms with van der Waals surface area (Å²) in [7, 11) is -3.51. The molecule has 0 aromatic heterocycles. The van der Waals surface area contributed by atoms with Crippen molar-refractivity contribution >= 4 is 15.9 Å². The van der Waals surface area contributed by atoms with Crippen LogP contribution in [0.25, 0.3) is 0 Å². The van der Waals surface area contributed by atoms with Crippen molar-refractivity contribution in [2.24, 2.45) is 5.73 Å². The molecule has 2 heterocycles. The van der Waals surface area contributed by atoms with Gasteiger partial charge in [0.2, 0.25) is 15.9 Å². The Kier molecular flexibility index (Phi) is 6.57. The van der Waals surface area contributed by atoms with Gasteiger partial charge in [-0.3, -0.25) is 4.79 Å². The van der Waals surface area contributed by atoms with Gasteiger partial charge in [-0.2, -0.15) is 4.31 Å². The number of benzene rings is 1. The second kappa shape index (κ2) is 8.63. The van der Waals surface area contributed by atoms with Gasteiger partial charge in [0.25, 0.3) is 0 Å². The average molecular weight is 432 g/mol. The van der Waals surface area contributed by atoms with E-state index in [1.165, 1.54) is 4.31 Å². The molecule has 0 unspecified atom stereocenters. The van der Waals surface area contributed by atoms with Gasteiger partial charge in [0.15, 0.2) is 0 Å². The van der Waals surface area contributed by atoms with Gasteiger partial charge in [-0.15, -0.1) is 0 Å². The standard InChI is InChI=1S/C19H26F2N2O5S/c1-13-3-2-8-29(25,26)23(13)11-14-9-17(21)15(10-16(14)20)19(28-12-18(22)24)4-6-27-7-5-19/h9-10,13H,2-8,11-12H2,1H3,(H2,22,24)/t13-/m0/s1. The summed E-state index contributed by atoms with van der Waals surface area (Å²) in [5.41, 5.74) is 3.88. The fraction of sp³-hybridized carbons (Fsp3) is 0.632. The van der Waals surface area contributed by atoms with Gasteiger partial charge in [-0.05, 0) is 31.9 Å². The zero-order chi connectivity index (χ0) is 21.2. The van der Waals surface area contributed by atoms with Crippen molar-refractivity contribution in [1.29, 1.82) is 0 Å². The van der Waals surface area contributed by atoms with E-state index < -0.39 is 39.8 Å². The SMILES string of the molecule is C[C@H]1CCCS(=O)(=O)N1Cc1cc(F)c(C2(OCC(N)=O)CCOCC2)cc1F. The van der Waals surface area contributed by atoms with Gasteiger partial charge < -0.3 is 15.2 Å². The molecule has 2 fully saturated rings. The number of rotatable bonds is 6. The average Bonchev–Trinajstić information content (AvgIpc) is 2.66. The van der Waals surface area contributed by atoms with Crippen molar-refractivity contribution in [2.75, 3.05) is 25.6 Å². The topological polar surface area (TPSA) is 98.9 Å². The molecule has 0 aliphatic carbocycles. The molecule has 2 aliphatic rings. The molecule has 0 radical (unpaired) electrons. The number of carbonyl (C=O) groups excluding carboxylic acids is 1. The first-order chi connectivity index (χ1) is 13.6. The van der Waals surface area contributed by atoms with Crippen LogP contribution in [0.5, 0.6) is 0 Å². The number of hydrogen-bond donors (Lipinski definition) is 1. The highest BCUT2D eigenvalue weighted by molar-refractivity contribution is 7.89. The molecule has 3 rings (SSSR count). The summed E-state index contributed by atoms with van der Waals surface area (Å²) < 4.78 is 66.8. The zero-order valence-corrected chi connectivity index (χ0v) is 17.1. The molecule has 0 bridgehead atoms. The predicted octanol–water partition coefficient (Wildman–Crippen LogP) is 1.79. The van der Waals surface area contributed by atoms with Crippen molar-refractivity contribution in [1.82, 2.24) is 4.31 Å². The Labute approximate surface area is 169 Å². The van der Waals surface area contributed by atoms with Crippen molar-refractivity contribution in [3.05, 3.63) is 34.9 Å². The highest BCUT2D eigenvalue weighted by atomic mass is 32.2. The molecular weight excluding hydrogens is 406 g/mol. The Morgan fingerprint density at radius 2 is 2.00 bits per heavy atom. The normalized spacial score (nSPS) is 24.3. The maximum atomic E-state index is 15.1. The second-order valence-corrected chi connectivity index (χ2v) is 9.68. The monoisotopic (exact) mass is 432 g/mol. The number of amides is 1. The minimum Gasteiger partial charge on any atom is -0.381 e. The molecule has 29 heavy (non-hydrogen) atoms. The Bertz CT molecular complexity index is 872. The van der Waals surface area contributed by atoms with Crippen LogP contribution >= 0.6 is 0 Å². The van der Waals surface area contributed by atoms with Crippen LogP contribution in [-0.4, -0.2) is 50.2 Å². The summed E-state index contributed by atoms with van der Waals surface area (Å²) >= 11 is 0. The molecule has 7 nitrogen and oxygen atoms in total. The molecule has 162 valence electrons. The summed E-state index contributed by atoms with van der Waals surface area (Å²) in [4.78, 5) is 11.2. The van der Waals surface area contributed by atoms with Gasteiger partial charge in [0, 0.05) is 49.8 Å². The lowest BCUT2D eigenvalue weighted by Gasteiger charge is -2.38. The number of carbonyl (C=O) groups is 1. The van der Waals surface area contributed by atoms with Crippen LogP contribution in [0.2, 0.25) is 0 Å². The third kappa shape index (κ3) is 4.76. The molecule has 1 aromatic rings. The van der Waals surface area contributed by atoms with Crippen LogP contribution < -0.4 is 5.73 Å². The lowest BCUT2D eigenvalue weighted by atomic mass is 9.85. The van der Waals surface area contributed by atoms with E-state index >= 15 is 4.39 Å². The van der Waals surface area contributed by atoms with Crippen LogP contribution in [0.4, 0.5) is 8.78 Å². The third-order valence-electron chi connectivity index (χ3n) is 5.62. The van der Waals surface area contributed by atoms with E-state index in [4.69, 9.17) is 15.2 Å². The Morgan fingerprint density at radius 1 is 1.31 bits per heavy atom. The highest BCUT2D eigenvalue weighted by Crippen LogP contribution is 2.38. The quantitative estimate of drug-likeness (QED) is 0.739. The molecule has 10 heteroatoms. The summed E-state index contributed by atoms with van der Waals surface area (Å²) in [5, 5.41) is 0. The van der Waals surface area contributed by atoms with Crippen molar-refractivity contribution in [3.63, 3.8) is 0 Å². The van der Waals surface area contributed by atoms with Gasteiger partial charge in [0.05, 0.1) is 5.75 Å². The number of nitrogens with two attached hydrogens (primary N) is 1. The van der Waals surface area contributed by atoms with E-state index in [-0.39, 0.29) is 55.5 Å². The number of ether oxygens (including phenoxy) is 2. The smallest absolute Gasteiger partial charge is 0.243 e. The van der Waals surface area contributed by atoms with Gasteiger partial charge in [-0.25, -0.2) is 17.2 Å². The van der Waals surface area contributed by atoms with E-state index in [1.54, 1.807) is 6.92 Å². The predicted molar refractivity (Wildman–Crippen MR) is 101 cm³/mol. The van der Waals surface area contributed by atoms with Crippen molar-refractivity contribution in [2.45, 2.75) is 50.8 Å². The minimum absolute atomic E-state index is 0.00356.